The Hall–Kier alpha value is -4.64. The van der Waals surface area contributed by atoms with Gasteiger partial charge in [-0.15, -0.1) is 0 Å². The van der Waals surface area contributed by atoms with Gasteiger partial charge in [0.05, 0.1) is 23.4 Å². The number of pyridine rings is 1. The van der Waals surface area contributed by atoms with E-state index >= 15 is 0 Å². The van der Waals surface area contributed by atoms with Crippen LogP contribution >= 0.6 is 0 Å². The number of ether oxygens (including phenoxy) is 1. The van der Waals surface area contributed by atoms with Gasteiger partial charge in [0.2, 0.25) is 5.91 Å². The fraction of sp³-hybridized carbons (Fsp3) is 0.333. The third-order valence-electron chi connectivity index (χ3n) is 7.19. The number of aromatic nitrogens is 2. The lowest BCUT2D eigenvalue weighted by Crippen LogP contribution is -2.46. The number of benzene rings is 2. The Morgan fingerprint density at radius 3 is 2.46 bits per heavy atom. The van der Waals surface area contributed by atoms with E-state index in [2.05, 4.69) is 6.07 Å². The summed E-state index contributed by atoms with van der Waals surface area (Å²) in [6, 6.07) is 19.0. The molecular formula is C33H37N5O3. The highest BCUT2D eigenvalue weighted by atomic mass is 16.5. The van der Waals surface area contributed by atoms with Crippen LogP contribution in [0.5, 0.6) is 5.75 Å². The molecule has 2 amide bonds. The Bertz CT molecular complexity index is 1580. The van der Waals surface area contributed by atoms with Gasteiger partial charge in [0.15, 0.2) is 0 Å². The molecule has 0 radical (unpaired) electrons. The minimum absolute atomic E-state index is 0.00953. The van der Waals surface area contributed by atoms with E-state index in [1.54, 1.807) is 42.1 Å². The van der Waals surface area contributed by atoms with Crippen molar-refractivity contribution < 1.29 is 14.3 Å². The van der Waals surface area contributed by atoms with Crippen LogP contribution in [0.4, 0.5) is 0 Å². The maximum absolute atomic E-state index is 13.6. The van der Waals surface area contributed by atoms with Gasteiger partial charge in [0.25, 0.3) is 5.91 Å². The zero-order valence-electron chi connectivity index (χ0n) is 24.6. The Balaban J connectivity index is 1.58. The molecule has 2 aromatic carbocycles. The van der Waals surface area contributed by atoms with Crippen LogP contribution in [-0.2, 0) is 11.2 Å². The second-order valence-corrected chi connectivity index (χ2v) is 10.6. The first-order chi connectivity index (χ1) is 19.6. The minimum Gasteiger partial charge on any atom is -0.490 e. The van der Waals surface area contributed by atoms with Gasteiger partial charge in [-0.05, 0) is 62.6 Å². The Morgan fingerprint density at radius 1 is 1.10 bits per heavy atom. The normalized spacial score (nSPS) is 11.8. The number of hydrogen-bond donors (Lipinski definition) is 0. The van der Waals surface area contributed by atoms with E-state index in [0.29, 0.717) is 36.3 Å². The third kappa shape index (κ3) is 6.75. The van der Waals surface area contributed by atoms with Gasteiger partial charge in [0.1, 0.15) is 17.5 Å². The molecule has 2 heterocycles. The summed E-state index contributed by atoms with van der Waals surface area (Å²) in [5, 5.41) is 9.64. The molecule has 2 aromatic heterocycles. The van der Waals surface area contributed by atoms with Crippen LogP contribution in [0.2, 0.25) is 0 Å². The monoisotopic (exact) mass is 551 g/mol. The molecular weight excluding hydrogens is 514 g/mol. The van der Waals surface area contributed by atoms with Crippen molar-refractivity contribution in [2.75, 3.05) is 20.6 Å². The molecule has 0 aliphatic carbocycles. The quantitative estimate of drug-likeness (QED) is 0.259. The predicted octanol–water partition coefficient (Wildman–Crippen LogP) is 5.52. The molecule has 4 rings (SSSR count). The molecule has 0 saturated carbocycles. The van der Waals surface area contributed by atoms with Crippen molar-refractivity contribution in [2.45, 2.75) is 52.7 Å². The molecule has 0 aliphatic rings. The highest BCUT2D eigenvalue weighted by Gasteiger charge is 2.25. The molecule has 0 unspecified atom stereocenters. The molecule has 0 bridgehead atoms. The van der Waals surface area contributed by atoms with Gasteiger partial charge in [-0.1, -0.05) is 37.3 Å². The predicted molar refractivity (Wildman–Crippen MR) is 160 cm³/mol. The van der Waals surface area contributed by atoms with Gasteiger partial charge < -0.3 is 18.9 Å². The van der Waals surface area contributed by atoms with E-state index in [-0.39, 0.29) is 24.0 Å². The van der Waals surface area contributed by atoms with Gasteiger partial charge in [-0.25, -0.2) is 4.98 Å². The Labute approximate surface area is 241 Å². The SMILES string of the molecule is CCC(=O)N(C)C[C@H](Cc1ccc(-c2cn3cccc(C)c3n2)cc1)N(C)C(=O)c1ccc(OC(C)C)c(C#N)c1. The van der Waals surface area contributed by atoms with Crippen LogP contribution in [0.1, 0.15) is 54.2 Å². The molecule has 0 saturated heterocycles. The van der Waals surface area contributed by atoms with Crippen molar-refractivity contribution in [2.24, 2.45) is 0 Å². The van der Waals surface area contributed by atoms with Crippen molar-refractivity contribution >= 4 is 17.5 Å². The first-order valence-electron chi connectivity index (χ1n) is 13.9. The third-order valence-corrected chi connectivity index (χ3v) is 7.19. The van der Waals surface area contributed by atoms with E-state index in [9.17, 15) is 14.9 Å². The lowest BCUT2D eigenvalue weighted by Gasteiger charge is -2.32. The number of carbonyl (C=O) groups excluding carboxylic acids is 2. The number of hydrogen-bond acceptors (Lipinski definition) is 5. The fourth-order valence-corrected chi connectivity index (χ4v) is 4.86. The summed E-state index contributed by atoms with van der Waals surface area (Å²) in [5.41, 5.74) is 5.68. The van der Waals surface area contributed by atoms with E-state index in [1.807, 2.05) is 80.9 Å². The summed E-state index contributed by atoms with van der Waals surface area (Å²) < 4.78 is 7.74. The largest absolute Gasteiger partial charge is 0.490 e. The molecule has 0 spiro atoms. The van der Waals surface area contributed by atoms with Crippen molar-refractivity contribution in [3.05, 3.63) is 89.2 Å². The summed E-state index contributed by atoms with van der Waals surface area (Å²) in [4.78, 5) is 34.2. The van der Waals surface area contributed by atoms with Crippen molar-refractivity contribution in [1.29, 1.82) is 5.26 Å². The number of amides is 2. The summed E-state index contributed by atoms with van der Waals surface area (Å²) in [7, 11) is 3.51. The number of aryl methyl sites for hydroxylation is 1. The molecule has 1 atom stereocenters. The molecule has 8 nitrogen and oxygen atoms in total. The van der Waals surface area contributed by atoms with Gasteiger partial charge in [-0.2, -0.15) is 5.26 Å². The van der Waals surface area contributed by atoms with Crippen molar-refractivity contribution in [3.8, 4) is 23.1 Å². The van der Waals surface area contributed by atoms with E-state index < -0.39 is 0 Å². The molecule has 212 valence electrons. The molecule has 41 heavy (non-hydrogen) atoms. The molecule has 0 fully saturated rings. The minimum atomic E-state index is -0.288. The number of fused-ring (bicyclic) bond motifs is 1. The maximum atomic E-state index is 13.6. The first kappa shape index (κ1) is 29.3. The summed E-state index contributed by atoms with van der Waals surface area (Å²) in [6.45, 7) is 8.02. The van der Waals surface area contributed by atoms with Crippen LogP contribution in [0, 0.1) is 18.3 Å². The van der Waals surface area contributed by atoms with Crippen molar-refractivity contribution in [1.82, 2.24) is 19.2 Å². The Morgan fingerprint density at radius 2 is 1.83 bits per heavy atom. The van der Waals surface area contributed by atoms with Crippen LogP contribution < -0.4 is 4.74 Å². The van der Waals surface area contributed by atoms with Crippen LogP contribution in [0.25, 0.3) is 16.9 Å². The average molecular weight is 552 g/mol. The fourth-order valence-electron chi connectivity index (χ4n) is 4.86. The van der Waals surface area contributed by atoms with Crippen LogP contribution in [0.3, 0.4) is 0 Å². The van der Waals surface area contributed by atoms with E-state index in [4.69, 9.17) is 9.72 Å². The van der Waals surface area contributed by atoms with Gasteiger partial charge in [0, 0.05) is 50.6 Å². The number of nitrogens with zero attached hydrogens (tertiary/aromatic N) is 5. The number of rotatable bonds is 10. The average Bonchev–Trinajstić information content (AvgIpc) is 3.41. The van der Waals surface area contributed by atoms with Crippen LogP contribution in [-0.4, -0.2) is 63.8 Å². The number of nitriles is 1. The Kier molecular flexibility index (Phi) is 9.08. The van der Waals surface area contributed by atoms with E-state index in [0.717, 1.165) is 28.0 Å². The first-order valence-corrected chi connectivity index (χ1v) is 13.9. The lowest BCUT2D eigenvalue weighted by atomic mass is 10.0. The second-order valence-electron chi connectivity index (χ2n) is 10.6. The van der Waals surface area contributed by atoms with Crippen LogP contribution in [0.15, 0.2) is 67.0 Å². The molecule has 0 N–H and O–H groups in total. The van der Waals surface area contributed by atoms with Gasteiger partial charge in [-0.3, -0.25) is 9.59 Å². The van der Waals surface area contributed by atoms with Crippen molar-refractivity contribution in [3.63, 3.8) is 0 Å². The van der Waals surface area contributed by atoms with Gasteiger partial charge >= 0.3 is 0 Å². The summed E-state index contributed by atoms with van der Waals surface area (Å²) in [5.74, 6) is 0.235. The number of imidazole rings is 1. The molecule has 0 aliphatic heterocycles. The second kappa shape index (κ2) is 12.7. The zero-order valence-corrected chi connectivity index (χ0v) is 24.6. The number of likely N-dealkylation sites (N-methyl/N-ethyl adjacent to an activating group) is 2. The summed E-state index contributed by atoms with van der Waals surface area (Å²) in [6.07, 6.45) is 4.85. The highest BCUT2D eigenvalue weighted by Crippen LogP contribution is 2.24. The summed E-state index contributed by atoms with van der Waals surface area (Å²) >= 11 is 0. The number of carbonyl (C=O) groups is 2. The topological polar surface area (TPSA) is 90.9 Å². The zero-order chi connectivity index (χ0) is 29.7. The standard InChI is InChI=1S/C33H37N5O3/c1-7-31(39)36(5)20-28(37(6)33(40)26-14-15-30(41-22(2)3)27(18-26)19-34)17-24-10-12-25(13-11-24)29-21-38-16-8-9-23(4)32(38)35-29/h8-16,18,21-22,28H,7,17,20H2,1-6H3/t28-/m0/s1. The lowest BCUT2D eigenvalue weighted by molar-refractivity contribution is -0.130. The van der Waals surface area contributed by atoms with E-state index in [1.165, 1.54) is 0 Å². The highest BCUT2D eigenvalue weighted by molar-refractivity contribution is 5.95. The molecule has 8 heteroatoms. The smallest absolute Gasteiger partial charge is 0.253 e. The maximum Gasteiger partial charge on any atom is 0.253 e. The molecule has 4 aromatic rings.